The number of benzene rings is 1. The normalized spacial score (nSPS) is 25.5. The van der Waals surface area contributed by atoms with Crippen LogP contribution in [0.1, 0.15) is 49.9 Å². The molecule has 0 aromatic heterocycles. The first-order valence-corrected chi connectivity index (χ1v) is 12.6. The minimum atomic E-state index is -3.53. The molecule has 1 N–H and O–H groups in total. The lowest BCUT2D eigenvalue weighted by Gasteiger charge is -2.39. The highest BCUT2D eigenvalue weighted by molar-refractivity contribution is 7.89. The minimum absolute atomic E-state index is 0.0409. The average molecular weight is 450 g/mol. The van der Waals surface area contributed by atoms with Crippen molar-refractivity contribution >= 4 is 21.8 Å². The number of morpholine rings is 1. The number of carbonyl (C=O) groups excluding carboxylic acids is 2. The lowest BCUT2D eigenvalue weighted by molar-refractivity contribution is -0.148. The number of amides is 2. The lowest BCUT2D eigenvalue weighted by atomic mass is 9.94. The molecule has 0 bridgehead atoms. The van der Waals surface area contributed by atoms with Gasteiger partial charge in [0.1, 0.15) is 0 Å². The van der Waals surface area contributed by atoms with Crippen LogP contribution in [0, 0.1) is 5.92 Å². The van der Waals surface area contributed by atoms with E-state index in [0.29, 0.717) is 44.6 Å². The predicted molar refractivity (Wildman–Crippen MR) is 115 cm³/mol. The minimum Gasteiger partial charge on any atom is -0.372 e. The summed E-state index contributed by atoms with van der Waals surface area (Å²) in [6, 6.07) is 6.14. The van der Waals surface area contributed by atoms with Crippen LogP contribution in [0.2, 0.25) is 0 Å². The summed E-state index contributed by atoms with van der Waals surface area (Å²) in [5.74, 6) is -0.0343. The highest BCUT2D eigenvalue weighted by Crippen LogP contribution is 2.25. The quantitative estimate of drug-likeness (QED) is 0.737. The van der Waals surface area contributed by atoms with E-state index in [2.05, 4.69) is 4.72 Å². The summed E-state index contributed by atoms with van der Waals surface area (Å²) in [5, 5.41) is 0. The molecular weight excluding hydrogens is 418 g/mol. The van der Waals surface area contributed by atoms with Crippen molar-refractivity contribution in [3.05, 3.63) is 29.8 Å². The third kappa shape index (κ3) is 5.27. The zero-order chi connectivity index (χ0) is 22.2. The maximum Gasteiger partial charge on any atom is 0.253 e. The molecule has 2 amide bonds. The average Bonchev–Trinajstić information content (AvgIpc) is 3.55. The zero-order valence-electron chi connectivity index (χ0n) is 18.1. The SMILES string of the molecule is C[C@H]1CN(C(=O)C2CCN(C(=O)c3ccc(S(=O)(=O)NC4CC4)cc3)CC2)C[C@H](C)O1. The van der Waals surface area contributed by atoms with Crippen LogP contribution in [0.3, 0.4) is 0 Å². The number of hydrogen-bond donors (Lipinski definition) is 1. The fraction of sp³-hybridized carbons (Fsp3) is 0.636. The first-order valence-electron chi connectivity index (χ1n) is 11.1. The summed E-state index contributed by atoms with van der Waals surface area (Å²) in [6.45, 7) is 6.24. The molecule has 0 unspecified atom stereocenters. The third-order valence-electron chi connectivity index (χ3n) is 6.17. The molecule has 3 fully saturated rings. The highest BCUT2D eigenvalue weighted by Gasteiger charge is 2.34. The van der Waals surface area contributed by atoms with Crippen molar-refractivity contribution in [2.24, 2.45) is 5.92 Å². The molecule has 0 radical (unpaired) electrons. The molecule has 2 aliphatic heterocycles. The van der Waals surface area contributed by atoms with Crippen molar-refractivity contribution in [3.63, 3.8) is 0 Å². The van der Waals surface area contributed by atoms with Gasteiger partial charge in [-0.15, -0.1) is 0 Å². The molecule has 8 nitrogen and oxygen atoms in total. The molecule has 0 spiro atoms. The number of rotatable bonds is 5. The van der Waals surface area contributed by atoms with Crippen LogP contribution in [0.4, 0.5) is 0 Å². The first kappa shape index (κ1) is 22.2. The van der Waals surface area contributed by atoms with Crippen LogP contribution in [-0.4, -0.2) is 74.5 Å². The van der Waals surface area contributed by atoms with E-state index < -0.39 is 10.0 Å². The molecule has 2 saturated heterocycles. The summed E-state index contributed by atoms with van der Waals surface area (Å²) in [7, 11) is -3.53. The van der Waals surface area contributed by atoms with Gasteiger partial charge in [0.15, 0.2) is 0 Å². The molecular formula is C22H31N3O5S. The molecule has 3 aliphatic rings. The standard InChI is InChI=1S/C22H31N3O5S/c1-15-13-25(14-16(2)30-15)22(27)18-9-11-24(12-10-18)21(26)17-3-7-20(8-4-17)31(28,29)23-19-5-6-19/h3-4,7-8,15-16,18-19,23H,5-6,9-14H2,1-2H3/t15-,16-/m0/s1. The van der Waals surface area contributed by atoms with Gasteiger partial charge in [-0.2, -0.15) is 0 Å². The van der Waals surface area contributed by atoms with Crippen LogP contribution < -0.4 is 4.72 Å². The van der Waals surface area contributed by atoms with Gasteiger partial charge in [0.05, 0.1) is 17.1 Å². The fourth-order valence-electron chi connectivity index (χ4n) is 4.39. The van der Waals surface area contributed by atoms with Crippen molar-refractivity contribution < 1.29 is 22.7 Å². The first-order chi connectivity index (χ1) is 14.7. The van der Waals surface area contributed by atoms with Crippen LogP contribution in [0.15, 0.2) is 29.2 Å². The monoisotopic (exact) mass is 449 g/mol. The van der Waals surface area contributed by atoms with E-state index >= 15 is 0 Å². The van der Waals surface area contributed by atoms with Gasteiger partial charge in [-0.05, 0) is 63.8 Å². The molecule has 9 heteroatoms. The third-order valence-corrected chi connectivity index (χ3v) is 7.71. The Hall–Kier alpha value is -1.97. The summed E-state index contributed by atoms with van der Waals surface area (Å²) in [4.78, 5) is 29.6. The van der Waals surface area contributed by atoms with Crippen molar-refractivity contribution in [2.75, 3.05) is 26.2 Å². The number of hydrogen-bond acceptors (Lipinski definition) is 5. The summed E-state index contributed by atoms with van der Waals surface area (Å²) < 4.78 is 32.9. The van der Waals surface area contributed by atoms with Crippen molar-refractivity contribution in [3.8, 4) is 0 Å². The Bertz CT molecular complexity index is 911. The maximum absolute atomic E-state index is 12.9. The van der Waals surface area contributed by atoms with Gasteiger partial charge in [-0.1, -0.05) is 0 Å². The molecule has 2 heterocycles. The van der Waals surface area contributed by atoms with Gasteiger partial charge in [0.2, 0.25) is 15.9 Å². The van der Waals surface area contributed by atoms with Crippen LogP contribution >= 0.6 is 0 Å². The predicted octanol–water partition coefficient (Wildman–Crippen LogP) is 1.62. The second kappa shape index (κ2) is 8.88. The van der Waals surface area contributed by atoms with E-state index in [0.717, 1.165) is 12.8 Å². The Morgan fingerprint density at radius 3 is 2.06 bits per heavy atom. The van der Waals surface area contributed by atoms with Gasteiger partial charge in [-0.3, -0.25) is 9.59 Å². The number of likely N-dealkylation sites (tertiary alicyclic amines) is 1. The van der Waals surface area contributed by atoms with E-state index in [1.54, 1.807) is 17.0 Å². The smallest absolute Gasteiger partial charge is 0.253 e. The molecule has 170 valence electrons. The molecule has 1 saturated carbocycles. The fourth-order valence-corrected chi connectivity index (χ4v) is 5.70. The van der Waals surface area contributed by atoms with E-state index in [-0.39, 0.29) is 40.9 Å². The maximum atomic E-state index is 12.9. The Morgan fingerprint density at radius 1 is 0.935 bits per heavy atom. The molecule has 1 aromatic rings. The van der Waals surface area contributed by atoms with E-state index in [4.69, 9.17) is 4.74 Å². The van der Waals surface area contributed by atoms with E-state index in [9.17, 15) is 18.0 Å². The Kier molecular flexibility index (Phi) is 6.37. The van der Waals surface area contributed by atoms with Gasteiger partial charge >= 0.3 is 0 Å². The molecule has 1 aliphatic carbocycles. The van der Waals surface area contributed by atoms with Crippen molar-refractivity contribution in [2.45, 2.75) is 62.7 Å². The second-order valence-electron chi connectivity index (χ2n) is 8.99. The van der Waals surface area contributed by atoms with Crippen LogP contribution in [-0.2, 0) is 19.6 Å². The van der Waals surface area contributed by atoms with Gasteiger partial charge in [0, 0.05) is 43.7 Å². The summed E-state index contributed by atoms with van der Waals surface area (Å²) in [6.07, 6.45) is 3.11. The van der Waals surface area contributed by atoms with Crippen LogP contribution in [0.5, 0.6) is 0 Å². The number of ether oxygens (including phenoxy) is 1. The molecule has 2 atom stereocenters. The van der Waals surface area contributed by atoms with Crippen molar-refractivity contribution in [1.82, 2.24) is 14.5 Å². The molecule has 31 heavy (non-hydrogen) atoms. The second-order valence-corrected chi connectivity index (χ2v) is 10.7. The Balaban J connectivity index is 1.32. The number of carbonyl (C=O) groups is 2. The zero-order valence-corrected chi connectivity index (χ0v) is 18.9. The van der Waals surface area contributed by atoms with Gasteiger partial charge in [-0.25, -0.2) is 13.1 Å². The molecule has 4 rings (SSSR count). The topological polar surface area (TPSA) is 96.0 Å². The lowest BCUT2D eigenvalue weighted by Crippen LogP contribution is -2.51. The highest BCUT2D eigenvalue weighted by atomic mass is 32.2. The summed E-state index contributed by atoms with van der Waals surface area (Å²) >= 11 is 0. The number of nitrogens with one attached hydrogen (secondary N) is 1. The number of piperidine rings is 1. The molecule has 1 aromatic carbocycles. The largest absolute Gasteiger partial charge is 0.372 e. The number of sulfonamides is 1. The van der Waals surface area contributed by atoms with E-state index in [1.165, 1.54) is 12.1 Å². The Morgan fingerprint density at radius 2 is 1.52 bits per heavy atom. The van der Waals surface area contributed by atoms with Gasteiger partial charge < -0.3 is 14.5 Å². The summed E-state index contributed by atoms with van der Waals surface area (Å²) in [5.41, 5.74) is 0.464. The van der Waals surface area contributed by atoms with Crippen molar-refractivity contribution in [1.29, 1.82) is 0 Å². The van der Waals surface area contributed by atoms with E-state index in [1.807, 2.05) is 18.7 Å². The Labute approximate surface area is 184 Å². The number of nitrogens with zero attached hydrogens (tertiary/aromatic N) is 2. The van der Waals surface area contributed by atoms with Gasteiger partial charge in [0.25, 0.3) is 5.91 Å². The van der Waals surface area contributed by atoms with Crippen LogP contribution in [0.25, 0.3) is 0 Å².